The van der Waals surface area contributed by atoms with Crippen molar-refractivity contribution in [2.45, 2.75) is 152 Å². The Bertz CT molecular complexity index is 3380. The molecule has 0 spiro atoms. The predicted octanol–water partition coefficient (Wildman–Crippen LogP) is 5.10. The molecule has 2 heterocycles. The summed E-state index contributed by atoms with van der Waals surface area (Å²) in [6.07, 6.45) is -21.0. The van der Waals surface area contributed by atoms with Crippen molar-refractivity contribution in [3.05, 3.63) is 174 Å². The first-order valence-electron chi connectivity index (χ1n) is 31.5. The van der Waals surface area contributed by atoms with Crippen LogP contribution in [0.15, 0.2) is 152 Å². The summed E-state index contributed by atoms with van der Waals surface area (Å²) in [5.74, 6) is -11.9. The average molecular weight is 1370 g/mol. The minimum atomic E-state index is -2.97. The van der Waals surface area contributed by atoms with Gasteiger partial charge in [-0.1, -0.05) is 103 Å². The second-order valence-electron chi connectivity index (χ2n) is 22.7. The summed E-state index contributed by atoms with van der Waals surface area (Å²) in [7, 11) is 0.931. The number of nitrogens with two attached hydrogens (primary N) is 1. The molecule has 28 nitrogen and oxygen atoms in total. The van der Waals surface area contributed by atoms with Crippen LogP contribution in [0.5, 0.6) is 0 Å². The minimum absolute atomic E-state index is 0.0692. The minimum Gasteiger partial charge on any atom is -0.465 e. The Hall–Kier alpha value is -9.23. The first-order chi connectivity index (χ1) is 47.1. The van der Waals surface area contributed by atoms with E-state index in [-0.39, 0.29) is 36.4 Å². The first kappa shape index (κ1) is 76.1. The molecule has 5 N–H and O–H groups in total. The molecule has 528 valence electrons. The van der Waals surface area contributed by atoms with E-state index in [0.29, 0.717) is 17.7 Å². The number of anilines is 1. The molecule has 28 heteroatoms. The molecule has 0 saturated carbocycles. The molecule has 0 aromatic heterocycles. The molecule has 2 aliphatic heterocycles. The van der Waals surface area contributed by atoms with E-state index in [1.165, 1.54) is 55.5 Å². The van der Waals surface area contributed by atoms with Crippen LogP contribution in [0.3, 0.4) is 0 Å². The van der Waals surface area contributed by atoms with Crippen LogP contribution in [0, 0.1) is 0 Å². The zero-order valence-corrected chi connectivity index (χ0v) is 55.2. The fourth-order valence-electron chi connectivity index (χ4n) is 10.7. The lowest BCUT2D eigenvalue weighted by atomic mass is 9.88. The Balaban J connectivity index is 1.47. The van der Waals surface area contributed by atoms with Crippen LogP contribution in [0.4, 0.5) is 5.69 Å². The number of ether oxygens (including phenoxy) is 15. The normalized spacial score (nSPS) is 22.3. The van der Waals surface area contributed by atoms with Crippen molar-refractivity contribution >= 4 is 59.3 Å². The summed E-state index contributed by atoms with van der Waals surface area (Å²) in [5.41, 5.74) is 7.30. The van der Waals surface area contributed by atoms with Gasteiger partial charge in [0.15, 0.2) is 30.9 Å². The SMILES string of the molecule is COC(=O)[C@@]1(OC[C@H](OC(=O)c2ccccc2)C(OC2C(CO)OC(OCCCN)C(Nc3ccccc3)C2OCc2ccccc2)OC(COC(=O)c2ccccc2)[C@@H](C)OC(=O)c2ccccc2)C[C@@H](OC(C)=O)C(NC(C)=O)C([C@H](OC(C)=O)[C@@H](COC(C)=O)OC(C)=O)O1. The van der Waals surface area contributed by atoms with E-state index in [2.05, 4.69) is 10.6 Å². The van der Waals surface area contributed by atoms with Crippen LogP contribution in [0.25, 0.3) is 0 Å². The maximum Gasteiger partial charge on any atom is 0.366 e. The molecule has 0 radical (unpaired) electrons. The number of aliphatic hydroxyl groups is 1. The van der Waals surface area contributed by atoms with Crippen molar-refractivity contribution in [2.24, 2.45) is 5.73 Å². The maximum absolute atomic E-state index is 15.0. The van der Waals surface area contributed by atoms with Gasteiger partial charge in [-0.3, -0.25) is 24.0 Å². The Kier molecular flexibility index (Phi) is 29.6. The van der Waals surface area contributed by atoms with Gasteiger partial charge in [-0.05, 0) is 74.0 Å². The summed E-state index contributed by atoms with van der Waals surface area (Å²) >= 11 is 0. The first-order valence-corrected chi connectivity index (χ1v) is 31.5. The second-order valence-corrected chi connectivity index (χ2v) is 22.7. The highest BCUT2D eigenvalue weighted by Crippen LogP contribution is 2.39. The molecule has 2 aliphatic rings. The van der Waals surface area contributed by atoms with E-state index in [9.17, 15) is 43.5 Å². The number of para-hydroxylation sites is 1. The number of rotatable bonds is 35. The third-order valence-corrected chi connectivity index (χ3v) is 15.2. The largest absolute Gasteiger partial charge is 0.465 e. The third-order valence-electron chi connectivity index (χ3n) is 15.2. The van der Waals surface area contributed by atoms with Crippen LogP contribution in [0.1, 0.15) is 91.0 Å². The number of carbonyl (C=O) groups is 9. The summed E-state index contributed by atoms with van der Waals surface area (Å²) in [5, 5.41) is 17.7. The molecule has 5 aromatic rings. The molecule has 2 saturated heterocycles. The number of carbonyl (C=O) groups excluding carboxylic acids is 9. The standard InChI is InChI=1S/C70H83N3O25/c1-42(90-65(81)50-28-17-10-18-29-50)55(39-88-64(80)49-26-15-9-16-27-49)96-67(97-60-54(37-74)95-68(85-35-23-34-71)59(73-52-32-21-12-22-33-52)62(60)87-38-48-24-13-8-14-25-48)57(94-66(82)51-30-19-11-20-31-51)41-89-70(69(83)84-7)36-53(91-45(4)77)58(72-43(2)75)63(98-70)61(93-47(6)79)56(92-46(5)78)40-86-44(3)76/h8-22,24-33,42,53-63,67-68,73-74H,23,34-41,71H2,1-7H3,(H,72,75)/t42-,53-,54?,55?,56-,57+,58?,59?,60?,61-,62?,63?,67?,68?,70-/m1/s1. The molecule has 7 rings (SSSR count). The van der Waals surface area contributed by atoms with Gasteiger partial charge in [0.2, 0.25) is 5.91 Å². The molecule has 5 aromatic carbocycles. The van der Waals surface area contributed by atoms with Gasteiger partial charge in [-0.2, -0.15) is 0 Å². The predicted molar refractivity (Wildman–Crippen MR) is 343 cm³/mol. The molecule has 0 aliphatic carbocycles. The van der Waals surface area contributed by atoms with E-state index in [0.717, 1.165) is 41.7 Å². The second kappa shape index (κ2) is 38.1. The fourth-order valence-corrected chi connectivity index (χ4v) is 10.7. The average Bonchev–Trinajstić information content (AvgIpc) is 0.758. The monoisotopic (exact) mass is 1370 g/mol. The van der Waals surface area contributed by atoms with E-state index in [1.807, 2.05) is 6.07 Å². The van der Waals surface area contributed by atoms with Crippen molar-refractivity contribution < 1.29 is 119 Å². The number of esters is 8. The third kappa shape index (κ3) is 22.4. The molecular weight excluding hydrogens is 1280 g/mol. The van der Waals surface area contributed by atoms with Crippen LogP contribution >= 0.6 is 0 Å². The van der Waals surface area contributed by atoms with Crippen molar-refractivity contribution in [3.63, 3.8) is 0 Å². The molecule has 0 bridgehead atoms. The molecule has 2 fully saturated rings. The van der Waals surface area contributed by atoms with E-state index >= 15 is 4.79 Å². The Morgan fingerprint density at radius 1 is 0.612 bits per heavy atom. The van der Waals surface area contributed by atoms with Crippen LogP contribution in [-0.4, -0.2) is 197 Å². The number of benzene rings is 5. The number of hydrogen-bond donors (Lipinski definition) is 4. The van der Waals surface area contributed by atoms with Crippen molar-refractivity contribution in [3.8, 4) is 0 Å². The number of amides is 1. The summed E-state index contributed by atoms with van der Waals surface area (Å²) in [6, 6.07) is 38.4. The highest BCUT2D eigenvalue weighted by Gasteiger charge is 2.60. The Labute approximate surface area is 566 Å². The number of hydrogen-bond acceptors (Lipinski definition) is 27. The summed E-state index contributed by atoms with van der Waals surface area (Å²) in [6.45, 7) is 3.15. The maximum atomic E-state index is 15.0. The molecule has 15 atom stereocenters. The van der Waals surface area contributed by atoms with Crippen molar-refractivity contribution in [1.82, 2.24) is 5.32 Å². The van der Waals surface area contributed by atoms with Gasteiger partial charge >= 0.3 is 47.8 Å². The molecular formula is C70H83N3O25. The van der Waals surface area contributed by atoms with Crippen LogP contribution in [-0.2, 0) is 106 Å². The molecule has 9 unspecified atom stereocenters. The topological polar surface area (TPSA) is 362 Å². The van der Waals surface area contributed by atoms with Gasteiger partial charge in [0.25, 0.3) is 5.79 Å². The number of aliphatic hydroxyl groups excluding tert-OH is 1. The number of methoxy groups -OCH3 is 1. The van der Waals surface area contributed by atoms with E-state index in [1.54, 1.807) is 97.1 Å². The van der Waals surface area contributed by atoms with Crippen molar-refractivity contribution in [1.29, 1.82) is 0 Å². The van der Waals surface area contributed by atoms with Crippen LogP contribution < -0.4 is 16.4 Å². The van der Waals surface area contributed by atoms with Gasteiger partial charge in [0.1, 0.15) is 62.0 Å². The molecule has 98 heavy (non-hydrogen) atoms. The Morgan fingerprint density at radius 2 is 1.17 bits per heavy atom. The number of nitrogens with one attached hydrogen (secondary N) is 2. The summed E-state index contributed by atoms with van der Waals surface area (Å²) in [4.78, 5) is 123. The van der Waals surface area contributed by atoms with Gasteiger partial charge in [0.05, 0.1) is 62.7 Å². The lowest BCUT2D eigenvalue weighted by Crippen LogP contribution is -2.69. The van der Waals surface area contributed by atoms with Crippen LogP contribution in [0.2, 0.25) is 0 Å². The van der Waals surface area contributed by atoms with E-state index < -0.39 is 178 Å². The fraction of sp³-hybridized carbons (Fsp3) is 0.443. The quantitative estimate of drug-likeness (QED) is 0.0177. The van der Waals surface area contributed by atoms with Gasteiger partial charge in [0, 0.05) is 40.3 Å². The highest BCUT2D eigenvalue weighted by molar-refractivity contribution is 5.90. The van der Waals surface area contributed by atoms with E-state index in [4.69, 9.17) is 76.8 Å². The lowest BCUT2D eigenvalue weighted by molar-refractivity contribution is -0.340. The smallest absolute Gasteiger partial charge is 0.366 e. The zero-order chi connectivity index (χ0) is 70.7. The molecule has 1 amide bonds. The summed E-state index contributed by atoms with van der Waals surface area (Å²) < 4.78 is 93.8. The van der Waals surface area contributed by atoms with Gasteiger partial charge < -0.3 is 92.5 Å². The van der Waals surface area contributed by atoms with Crippen molar-refractivity contribution in [2.75, 3.05) is 52.0 Å². The Morgan fingerprint density at radius 3 is 1.71 bits per heavy atom. The highest BCUT2D eigenvalue weighted by atomic mass is 16.8. The lowest BCUT2D eigenvalue weighted by Gasteiger charge is -2.49. The zero-order valence-electron chi connectivity index (χ0n) is 55.2. The van der Waals surface area contributed by atoms with Gasteiger partial charge in [-0.15, -0.1) is 0 Å². The van der Waals surface area contributed by atoms with Gasteiger partial charge in [-0.25, -0.2) is 19.2 Å².